The Hall–Kier alpha value is -0.830. The van der Waals surface area contributed by atoms with Gasteiger partial charge in [-0.3, -0.25) is 4.99 Å². The molecule has 0 aliphatic heterocycles. The number of imidazole rings is 1. The molecule has 0 aliphatic carbocycles. The monoisotopic (exact) mass is 437 g/mol. The van der Waals surface area contributed by atoms with Crippen molar-refractivity contribution in [3.05, 3.63) is 18.7 Å². The van der Waals surface area contributed by atoms with Gasteiger partial charge in [0, 0.05) is 45.2 Å². The van der Waals surface area contributed by atoms with Crippen molar-refractivity contribution < 1.29 is 4.74 Å². The molecule has 0 spiro atoms. The van der Waals surface area contributed by atoms with Gasteiger partial charge in [0.25, 0.3) is 0 Å². The van der Waals surface area contributed by atoms with Gasteiger partial charge in [-0.1, -0.05) is 13.8 Å². The highest BCUT2D eigenvalue weighted by Gasteiger charge is 1.98. The quantitative estimate of drug-likeness (QED) is 0.242. The number of guanidine groups is 1. The number of hydrogen-bond donors (Lipinski definition) is 2. The molecule has 0 bridgehead atoms. The number of aryl methyl sites for hydroxylation is 1. The van der Waals surface area contributed by atoms with Crippen molar-refractivity contribution in [1.29, 1.82) is 0 Å². The number of aromatic nitrogens is 2. The van der Waals surface area contributed by atoms with E-state index in [-0.39, 0.29) is 24.0 Å². The van der Waals surface area contributed by atoms with Crippen molar-refractivity contribution >= 4 is 29.9 Å². The summed E-state index contributed by atoms with van der Waals surface area (Å²) >= 11 is 0. The zero-order chi connectivity index (χ0) is 16.0. The molecule has 23 heavy (non-hydrogen) atoms. The van der Waals surface area contributed by atoms with E-state index in [1.807, 2.05) is 12.5 Å². The van der Waals surface area contributed by atoms with Crippen molar-refractivity contribution in [1.82, 2.24) is 20.2 Å². The third kappa shape index (κ3) is 12.3. The molecule has 0 saturated heterocycles. The van der Waals surface area contributed by atoms with Gasteiger partial charge in [-0.2, -0.15) is 0 Å². The molecule has 0 saturated carbocycles. The van der Waals surface area contributed by atoms with E-state index in [0.29, 0.717) is 12.5 Å². The summed E-state index contributed by atoms with van der Waals surface area (Å²) in [5.74, 6) is 1.56. The van der Waals surface area contributed by atoms with Gasteiger partial charge in [-0.05, 0) is 25.7 Å². The minimum atomic E-state index is 0. The molecule has 0 radical (unpaired) electrons. The molecule has 0 fully saturated rings. The summed E-state index contributed by atoms with van der Waals surface area (Å²) in [6.45, 7) is 11.4. The first-order chi connectivity index (χ1) is 10.7. The summed E-state index contributed by atoms with van der Waals surface area (Å²) in [4.78, 5) is 8.59. The summed E-state index contributed by atoms with van der Waals surface area (Å²) in [6, 6.07) is 0. The zero-order valence-corrected chi connectivity index (χ0v) is 17.0. The Morgan fingerprint density at radius 2 is 2.13 bits per heavy atom. The van der Waals surface area contributed by atoms with Crippen LogP contribution in [0, 0.1) is 5.92 Å². The normalized spacial score (nSPS) is 11.4. The van der Waals surface area contributed by atoms with Gasteiger partial charge in [0.1, 0.15) is 0 Å². The van der Waals surface area contributed by atoms with E-state index in [0.717, 1.165) is 51.6 Å². The lowest BCUT2D eigenvalue weighted by Gasteiger charge is -2.12. The maximum atomic E-state index is 5.59. The van der Waals surface area contributed by atoms with Crippen molar-refractivity contribution in [2.24, 2.45) is 10.9 Å². The first-order valence-corrected chi connectivity index (χ1v) is 8.28. The highest BCUT2D eigenvalue weighted by Crippen LogP contribution is 1.98. The Bertz CT molecular complexity index is 395. The predicted octanol–water partition coefficient (Wildman–Crippen LogP) is 2.51. The molecule has 134 valence electrons. The van der Waals surface area contributed by atoms with E-state index in [2.05, 4.69) is 45.9 Å². The minimum absolute atomic E-state index is 0. The van der Waals surface area contributed by atoms with Gasteiger partial charge < -0.3 is 19.9 Å². The fourth-order valence-corrected chi connectivity index (χ4v) is 1.87. The molecule has 0 unspecified atom stereocenters. The van der Waals surface area contributed by atoms with Gasteiger partial charge in [-0.25, -0.2) is 4.98 Å². The second-order valence-electron chi connectivity index (χ2n) is 5.64. The lowest BCUT2D eigenvalue weighted by molar-refractivity contribution is 0.128. The van der Waals surface area contributed by atoms with Crippen LogP contribution in [0.4, 0.5) is 0 Å². The standard InChI is InChI=1S/C16H31N5O.HI/c1-4-18-16(20-9-13-22-12-6-15(2)3)19-7-5-10-21-11-8-17-14-21;/h8,11,14-15H,4-7,9-10,12-13H2,1-3H3,(H2,18,19,20);1H. The van der Waals surface area contributed by atoms with Crippen molar-refractivity contribution in [3.63, 3.8) is 0 Å². The maximum Gasteiger partial charge on any atom is 0.191 e. The number of nitrogens with zero attached hydrogens (tertiary/aromatic N) is 3. The van der Waals surface area contributed by atoms with Gasteiger partial charge in [0.15, 0.2) is 5.96 Å². The maximum absolute atomic E-state index is 5.59. The fraction of sp³-hybridized carbons (Fsp3) is 0.750. The highest BCUT2D eigenvalue weighted by molar-refractivity contribution is 14.0. The van der Waals surface area contributed by atoms with Crippen LogP contribution >= 0.6 is 24.0 Å². The van der Waals surface area contributed by atoms with Gasteiger partial charge >= 0.3 is 0 Å². The van der Waals surface area contributed by atoms with Crippen LogP contribution in [-0.2, 0) is 11.3 Å². The SMILES string of the molecule is CCNC(=NCCCn1ccnc1)NCCOCCC(C)C.I. The van der Waals surface area contributed by atoms with Crippen molar-refractivity contribution in [2.45, 2.75) is 40.2 Å². The van der Waals surface area contributed by atoms with Gasteiger partial charge in [0.05, 0.1) is 12.9 Å². The van der Waals surface area contributed by atoms with Crippen molar-refractivity contribution in [3.8, 4) is 0 Å². The van der Waals surface area contributed by atoms with E-state index in [1.165, 1.54) is 0 Å². The summed E-state index contributed by atoms with van der Waals surface area (Å²) < 4.78 is 7.66. The van der Waals surface area contributed by atoms with Crippen molar-refractivity contribution in [2.75, 3.05) is 32.8 Å². The van der Waals surface area contributed by atoms with Crippen LogP contribution in [0.5, 0.6) is 0 Å². The average Bonchev–Trinajstić information content (AvgIpc) is 3.00. The molecule has 1 heterocycles. The minimum Gasteiger partial charge on any atom is -0.380 e. The van der Waals surface area contributed by atoms with E-state index in [9.17, 15) is 0 Å². The molecule has 1 aromatic heterocycles. The zero-order valence-electron chi connectivity index (χ0n) is 14.6. The molecule has 0 atom stereocenters. The molecular weight excluding hydrogens is 405 g/mol. The molecule has 1 aromatic rings. The number of aliphatic imine (C=N–C) groups is 1. The van der Waals surface area contributed by atoms with Crippen LogP contribution in [0.15, 0.2) is 23.7 Å². The van der Waals surface area contributed by atoms with Crippen LogP contribution in [0.2, 0.25) is 0 Å². The number of hydrogen-bond acceptors (Lipinski definition) is 3. The molecule has 6 nitrogen and oxygen atoms in total. The summed E-state index contributed by atoms with van der Waals surface area (Å²) in [6.07, 6.45) is 7.72. The molecular formula is C16H32IN5O. The Labute approximate surface area is 157 Å². The van der Waals surface area contributed by atoms with Crippen LogP contribution in [0.25, 0.3) is 0 Å². The van der Waals surface area contributed by atoms with Crippen LogP contribution in [-0.4, -0.2) is 48.4 Å². The number of nitrogens with one attached hydrogen (secondary N) is 2. The first kappa shape index (κ1) is 22.2. The lowest BCUT2D eigenvalue weighted by Crippen LogP contribution is -2.39. The molecule has 1 rings (SSSR count). The second kappa shape index (κ2) is 14.7. The molecule has 0 amide bonds. The molecule has 7 heteroatoms. The Balaban J connectivity index is 0.00000484. The summed E-state index contributed by atoms with van der Waals surface area (Å²) in [7, 11) is 0. The largest absolute Gasteiger partial charge is 0.380 e. The molecule has 2 N–H and O–H groups in total. The Morgan fingerprint density at radius 1 is 1.30 bits per heavy atom. The van der Waals surface area contributed by atoms with E-state index in [4.69, 9.17) is 4.74 Å². The molecule has 0 aromatic carbocycles. The number of ether oxygens (including phenoxy) is 1. The van der Waals surface area contributed by atoms with E-state index in [1.54, 1.807) is 6.20 Å². The summed E-state index contributed by atoms with van der Waals surface area (Å²) in [5, 5.41) is 6.55. The second-order valence-corrected chi connectivity index (χ2v) is 5.64. The predicted molar refractivity (Wildman–Crippen MR) is 107 cm³/mol. The molecule has 0 aliphatic rings. The average molecular weight is 437 g/mol. The van der Waals surface area contributed by atoms with E-state index < -0.39 is 0 Å². The third-order valence-corrected chi connectivity index (χ3v) is 3.13. The number of halogens is 1. The van der Waals surface area contributed by atoms with Crippen LogP contribution in [0.1, 0.15) is 33.6 Å². The fourth-order valence-electron chi connectivity index (χ4n) is 1.87. The Morgan fingerprint density at radius 3 is 2.78 bits per heavy atom. The summed E-state index contributed by atoms with van der Waals surface area (Å²) in [5.41, 5.74) is 0. The third-order valence-electron chi connectivity index (χ3n) is 3.13. The highest BCUT2D eigenvalue weighted by atomic mass is 127. The smallest absolute Gasteiger partial charge is 0.191 e. The number of rotatable bonds is 11. The van der Waals surface area contributed by atoms with E-state index >= 15 is 0 Å². The van der Waals surface area contributed by atoms with Gasteiger partial charge in [0.2, 0.25) is 0 Å². The van der Waals surface area contributed by atoms with Gasteiger partial charge in [-0.15, -0.1) is 24.0 Å². The lowest BCUT2D eigenvalue weighted by atomic mass is 10.1. The van der Waals surface area contributed by atoms with Crippen LogP contribution < -0.4 is 10.6 Å². The van der Waals surface area contributed by atoms with Crippen LogP contribution in [0.3, 0.4) is 0 Å². The Kier molecular flexibility index (Phi) is 14.2. The first-order valence-electron chi connectivity index (χ1n) is 8.28. The topological polar surface area (TPSA) is 63.5 Å².